The van der Waals surface area contributed by atoms with Gasteiger partial charge in [0.1, 0.15) is 12.4 Å². The number of amides is 2. The largest absolute Gasteiger partial charge is 0.481 e. The maximum Gasteiger partial charge on any atom is 0.306 e. The molecule has 62 heavy (non-hydrogen) atoms. The smallest absolute Gasteiger partial charge is 0.306 e. The van der Waals surface area contributed by atoms with Gasteiger partial charge in [-0.3, -0.25) is 28.8 Å². The van der Waals surface area contributed by atoms with E-state index in [1.165, 1.54) is 44.9 Å². The molecule has 368 valence electrons. The molecule has 13 nitrogen and oxygen atoms in total. The molecule has 0 fully saturated rings. The first kappa shape index (κ1) is 67.6. The molecule has 0 aromatic heterocycles. The van der Waals surface area contributed by atoms with E-state index >= 15 is 0 Å². The molecule has 0 unspecified atom stereocenters. The van der Waals surface area contributed by atoms with Crippen LogP contribution in [0.25, 0.3) is 0 Å². The molecule has 19 heteroatoms. The van der Waals surface area contributed by atoms with Crippen LogP contribution in [0.15, 0.2) is 0 Å². The van der Waals surface area contributed by atoms with Gasteiger partial charge in [-0.25, -0.2) is 0 Å². The SMILES string of the molecule is CSSC.CSSC.CSSC.C[C@@H](CCCCNC(=O)COCCOCCNC(=O)CC[C@H](CC(=O)CCCCCCCCCCCCCCCCC(=O)O)C(=O)O)C(=O)O. The Labute approximate surface area is 399 Å². The lowest BCUT2D eigenvalue weighted by Crippen LogP contribution is -2.30. The maximum absolute atomic E-state index is 12.4. The zero-order valence-electron chi connectivity index (χ0n) is 39.0. The van der Waals surface area contributed by atoms with Gasteiger partial charge in [0.2, 0.25) is 11.8 Å². The van der Waals surface area contributed by atoms with Crippen molar-refractivity contribution >= 4 is 100 Å². The normalized spacial score (nSPS) is 11.3. The molecule has 0 saturated carbocycles. The second kappa shape index (κ2) is 56.2. The molecule has 0 spiro atoms. The fourth-order valence-electron chi connectivity index (χ4n) is 5.43. The highest BCUT2D eigenvalue weighted by molar-refractivity contribution is 8.76. The monoisotopic (exact) mass is 996 g/mol. The van der Waals surface area contributed by atoms with E-state index in [-0.39, 0.29) is 76.3 Å². The van der Waals surface area contributed by atoms with Gasteiger partial charge in [-0.1, -0.05) is 155 Å². The molecule has 0 radical (unpaired) electrons. The molecule has 0 heterocycles. The third kappa shape index (κ3) is 61.1. The van der Waals surface area contributed by atoms with Gasteiger partial charge in [-0.2, -0.15) is 0 Å². The van der Waals surface area contributed by atoms with Crippen LogP contribution >= 0.6 is 64.8 Å². The number of unbranched alkanes of at least 4 members (excludes halogenated alkanes) is 14. The first-order valence-electron chi connectivity index (χ1n) is 21.9. The van der Waals surface area contributed by atoms with E-state index in [0.29, 0.717) is 32.2 Å². The molecule has 0 bridgehead atoms. The summed E-state index contributed by atoms with van der Waals surface area (Å²) in [5, 5.41) is 32.4. The van der Waals surface area contributed by atoms with Crippen molar-refractivity contribution in [1.29, 1.82) is 0 Å². The van der Waals surface area contributed by atoms with Crippen LogP contribution in [0, 0.1) is 11.8 Å². The summed E-state index contributed by atoms with van der Waals surface area (Å²) < 4.78 is 10.6. The van der Waals surface area contributed by atoms with Crippen LogP contribution < -0.4 is 10.6 Å². The standard InChI is InChI=1S/C37H66N2O11.3C2H6S2/c1-30(36(45)46)18-16-17-23-38-34(42)29-50-27-26-49-25-24-39-33(41)22-21-31(37(47)48)28-32(40)19-14-12-10-8-6-4-2-3-5-7-9-11-13-15-20-35(43)44;3*1-3-4-2/h30-31H,2-29H2,1H3,(H,38,42)(H,39,41)(H,43,44)(H,45,46)(H,47,48);3*1-2H3/t30-,31+;;;/m0.../s1. The lowest BCUT2D eigenvalue weighted by Gasteiger charge is -2.12. The summed E-state index contributed by atoms with van der Waals surface area (Å²) in [6, 6.07) is 0. The average molecular weight is 998 g/mol. The van der Waals surface area contributed by atoms with Crippen LogP contribution in [0.4, 0.5) is 0 Å². The lowest BCUT2D eigenvalue weighted by molar-refractivity contribution is -0.144. The van der Waals surface area contributed by atoms with Crippen LogP contribution in [0.3, 0.4) is 0 Å². The number of rotatable bonds is 40. The number of carbonyl (C=O) groups excluding carboxylic acids is 3. The number of Topliss-reactive ketones (excluding diaryl/α,β-unsaturated/α-hetero) is 1. The lowest BCUT2D eigenvalue weighted by atomic mass is 9.94. The third-order valence-electron chi connectivity index (χ3n) is 9.12. The van der Waals surface area contributed by atoms with Gasteiger partial charge in [-0.05, 0) is 69.6 Å². The molecule has 0 rings (SSSR count). The van der Waals surface area contributed by atoms with Crippen molar-refractivity contribution < 1.29 is 53.6 Å². The Bertz CT molecular complexity index is 1050. The molecule has 0 aromatic carbocycles. The van der Waals surface area contributed by atoms with E-state index in [1.54, 1.807) is 71.7 Å². The number of nitrogens with one attached hydrogen (secondary N) is 2. The molecule has 0 aliphatic heterocycles. The second-order valence-electron chi connectivity index (χ2n) is 14.3. The second-order valence-corrected chi connectivity index (χ2v) is 22.3. The molecule has 0 saturated heterocycles. The van der Waals surface area contributed by atoms with Gasteiger partial charge < -0.3 is 35.4 Å². The minimum absolute atomic E-state index is 0.00958. The van der Waals surface area contributed by atoms with Crippen molar-refractivity contribution in [2.24, 2.45) is 11.8 Å². The van der Waals surface area contributed by atoms with Crippen LogP contribution in [-0.4, -0.2) is 128 Å². The molecule has 5 N–H and O–H groups in total. The van der Waals surface area contributed by atoms with E-state index in [0.717, 1.165) is 44.9 Å². The third-order valence-corrected chi connectivity index (χ3v) is 13.1. The van der Waals surface area contributed by atoms with Crippen molar-refractivity contribution in [3.05, 3.63) is 0 Å². The number of ether oxygens (including phenoxy) is 2. The minimum Gasteiger partial charge on any atom is -0.481 e. The number of carboxylic acid groups (broad SMARTS) is 3. The van der Waals surface area contributed by atoms with Crippen LogP contribution in [0.5, 0.6) is 0 Å². The topological polar surface area (TPSA) is 206 Å². The number of ketones is 1. The van der Waals surface area contributed by atoms with Crippen molar-refractivity contribution in [3.63, 3.8) is 0 Å². The average Bonchev–Trinajstić information content (AvgIpc) is 3.25. The highest BCUT2D eigenvalue weighted by Gasteiger charge is 2.22. The first-order chi connectivity index (χ1) is 29.8. The van der Waals surface area contributed by atoms with Gasteiger partial charge in [0.05, 0.1) is 31.7 Å². The van der Waals surface area contributed by atoms with Gasteiger partial charge in [0.25, 0.3) is 0 Å². The van der Waals surface area contributed by atoms with Crippen molar-refractivity contribution in [2.45, 2.75) is 148 Å². The van der Waals surface area contributed by atoms with Crippen LogP contribution in [0.1, 0.15) is 148 Å². The van der Waals surface area contributed by atoms with Crippen LogP contribution in [0.2, 0.25) is 0 Å². The van der Waals surface area contributed by atoms with Crippen molar-refractivity contribution in [1.82, 2.24) is 10.6 Å². The maximum atomic E-state index is 12.4. The Kier molecular flexibility index (Phi) is 61.3. The summed E-state index contributed by atoms with van der Waals surface area (Å²) in [5.74, 6) is -4.50. The zero-order valence-corrected chi connectivity index (χ0v) is 43.9. The van der Waals surface area contributed by atoms with Crippen molar-refractivity contribution in [2.75, 3.05) is 77.1 Å². The Morgan fingerprint density at radius 2 is 0.903 bits per heavy atom. The van der Waals surface area contributed by atoms with E-state index in [1.807, 2.05) is 0 Å². The predicted octanol–water partition coefficient (Wildman–Crippen LogP) is 10.8. The fourth-order valence-corrected chi connectivity index (χ4v) is 5.43. The summed E-state index contributed by atoms with van der Waals surface area (Å²) in [7, 11) is 10.6. The summed E-state index contributed by atoms with van der Waals surface area (Å²) >= 11 is 0. The van der Waals surface area contributed by atoms with Crippen molar-refractivity contribution in [3.8, 4) is 0 Å². The predicted molar refractivity (Wildman–Crippen MR) is 271 cm³/mol. The van der Waals surface area contributed by atoms with E-state index < -0.39 is 29.7 Å². The number of aliphatic carboxylic acids is 3. The zero-order chi connectivity index (χ0) is 47.5. The fraction of sp³-hybridized carbons (Fsp3) is 0.860. The summed E-state index contributed by atoms with van der Waals surface area (Å²) in [4.78, 5) is 69.2. The Morgan fingerprint density at radius 1 is 0.468 bits per heavy atom. The number of carbonyl (C=O) groups is 6. The van der Waals surface area contributed by atoms with E-state index in [4.69, 9.17) is 19.7 Å². The highest BCUT2D eigenvalue weighted by atomic mass is 33.1. The molecular weight excluding hydrogens is 913 g/mol. The summed E-state index contributed by atoms with van der Waals surface area (Å²) in [6.07, 6.45) is 30.4. The number of hydrogen-bond acceptors (Lipinski definition) is 14. The van der Waals surface area contributed by atoms with Gasteiger partial charge in [0, 0.05) is 38.8 Å². The highest BCUT2D eigenvalue weighted by Crippen LogP contribution is 2.17. The number of carboxylic acids is 3. The molecule has 0 aromatic rings. The van der Waals surface area contributed by atoms with Gasteiger partial charge >= 0.3 is 17.9 Å². The van der Waals surface area contributed by atoms with E-state index in [9.17, 15) is 33.9 Å². The quantitative estimate of drug-likeness (QED) is 0.0286. The molecular formula is C43H84N2O11S6. The molecule has 2 atom stereocenters. The first-order valence-corrected chi connectivity index (χ1v) is 30.8. The molecule has 0 aliphatic rings. The Morgan fingerprint density at radius 3 is 1.34 bits per heavy atom. The molecule has 2 amide bonds. The van der Waals surface area contributed by atoms with Crippen LogP contribution in [-0.2, 0) is 38.2 Å². The Balaban J connectivity index is -0.00000123. The van der Waals surface area contributed by atoms with Gasteiger partial charge in [-0.15, -0.1) is 0 Å². The summed E-state index contributed by atoms with van der Waals surface area (Å²) in [5.41, 5.74) is 0. The Hall–Kier alpha value is -0.960. The van der Waals surface area contributed by atoms with E-state index in [2.05, 4.69) is 48.2 Å². The molecule has 0 aliphatic carbocycles. The summed E-state index contributed by atoms with van der Waals surface area (Å²) in [6.45, 7) is 2.92. The number of hydrogen-bond donors (Lipinski definition) is 5. The van der Waals surface area contributed by atoms with Gasteiger partial charge in [0.15, 0.2) is 0 Å². The minimum atomic E-state index is -1.07.